The maximum absolute atomic E-state index is 7.06. The molecule has 6 heteroatoms. The smallest absolute Gasteiger partial charge is 0.179 e. The molecule has 13 aromatic rings. The molecule has 0 radical (unpaired) electrons. The average molecular weight is 1070 g/mol. The first-order valence-corrected chi connectivity index (χ1v) is 30.3. The molecule has 14 rings (SSSR count). The van der Waals surface area contributed by atoms with Crippen molar-refractivity contribution in [2.75, 3.05) is 16.5 Å². The Morgan fingerprint density at radius 3 is 1.55 bits per heavy atom. The summed E-state index contributed by atoms with van der Waals surface area (Å²) in [4.78, 5) is 9.99. The maximum Gasteiger partial charge on any atom is 0.179 e. The third-order valence-electron chi connectivity index (χ3n) is 16.4. The van der Waals surface area contributed by atoms with Gasteiger partial charge in [0.2, 0.25) is 0 Å². The molecule has 394 valence electrons. The molecule has 0 saturated heterocycles. The van der Waals surface area contributed by atoms with E-state index in [-0.39, 0.29) is 5.41 Å². The molecule has 1 aliphatic heterocycles. The van der Waals surface area contributed by atoms with Crippen LogP contribution in [0, 0.1) is 0 Å². The Labute approximate surface area is 481 Å². The van der Waals surface area contributed by atoms with Gasteiger partial charge < -0.3 is 14.5 Å². The molecular weight excluding hydrogens is 1010 g/mol. The third-order valence-corrected chi connectivity index (χ3v) is 21.2. The number of pyridine rings is 1. The first-order valence-electron chi connectivity index (χ1n) is 28.3. The van der Waals surface area contributed by atoms with Crippen LogP contribution in [-0.4, -0.2) is 24.3 Å². The van der Waals surface area contributed by atoms with Crippen LogP contribution in [0.5, 0.6) is 11.5 Å². The molecule has 3 heterocycles. The van der Waals surface area contributed by atoms with Gasteiger partial charge in [-0.2, -0.15) is 0 Å². The fraction of sp³-hybridized carbons (Fsp3) is 0.0658. The fourth-order valence-electron chi connectivity index (χ4n) is 12.6. The molecule has 0 bridgehead atoms. The number of nitrogens with zero attached hydrogens (tertiary/aromatic N) is 4. The molecule has 0 amide bonds. The van der Waals surface area contributed by atoms with Crippen LogP contribution in [0.3, 0.4) is 0 Å². The Hall–Kier alpha value is -10.0. The molecule has 0 atom stereocenters. The number of rotatable bonds is 12. The minimum atomic E-state index is -2.84. The quantitative estimate of drug-likeness (QED) is 0.0902. The lowest BCUT2D eigenvalue weighted by Gasteiger charge is -2.34. The third kappa shape index (κ3) is 8.85. The largest absolute Gasteiger partial charge is 0.457 e. The van der Waals surface area contributed by atoms with E-state index < -0.39 is 8.07 Å². The van der Waals surface area contributed by atoms with Gasteiger partial charge in [0, 0.05) is 46.0 Å². The minimum absolute atomic E-state index is 0.0809. The number of hydrogen-bond acceptors (Lipinski definition) is 4. The van der Waals surface area contributed by atoms with Gasteiger partial charge in [0.1, 0.15) is 24.0 Å². The zero-order chi connectivity index (χ0) is 55.2. The summed E-state index contributed by atoms with van der Waals surface area (Å²) in [5.74, 6) is 2.36. The predicted octanol–water partition coefficient (Wildman–Crippen LogP) is 16.9. The van der Waals surface area contributed by atoms with E-state index in [0.29, 0.717) is 6.67 Å². The summed E-state index contributed by atoms with van der Waals surface area (Å²) in [6.07, 6.45) is 1.95. The predicted molar refractivity (Wildman–Crippen MR) is 346 cm³/mol. The van der Waals surface area contributed by atoms with E-state index in [0.717, 1.165) is 56.5 Å². The highest BCUT2D eigenvalue weighted by Gasteiger charge is 2.42. The van der Waals surface area contributed by atoms with E-state index in [4.69, 9.17) is 9.72 Å². The normalized spacial score (nSPS) is 12.5. The lowest BCUT2D eigenvalue weighted by atomic mass is 9.86. The van der Waals surface area contributed by atoms with Crippen LogP contribution in [0.15, 0.2) is 297 Å². The zero-order valence-electron chi connectivity index (χ0n) is 46.2. The summed E-state index contributed by atoms with van der Waals surface area (Å²) in [6.45, 7) is 7.39. The molecule has 2 aromatic heterocycles. The van der Waals surface area contributed by atoms with Crippen LogP contribution >= 0.6 is 0 Å². The number of aromatic nitrogens is 2. The summed E-state index contributed by atoms with van der Waals surface area (Å²) < 4.78 is 9.39. The monoisotopic (exact) mass is 1070 g/mol. The number of benzene rings is 11. The first-order chi connectivity index (χ1) is 40.3. The molecule has 5 nitrogen and oxygen atoms in total. The van der Waals surface area contributed by atoms with Crippen molar-refractivity contribution >= 4 is 73.4 Å². The second kappa shape index (κ2) is 20.9. The van der Waals surface area contributed by atoms with Crippen LogP contribution in [-0.2, 0) is 5.41 Å². The Morgan fingerprint density at radius 1 is 0.402 bits per heavy atom. The van der Waals surface area contributed by atoms with Gasteiger partial charge in [0.15, 0.2) is 8.07 Å². The summed E-state index contributed by atoms with van der Waals surface area (Å²) in [7, 11) is -2.84. The second-order valence-corrected chi connectivity index (χ2v) is 26.1. The second-order valence-electron chi connectivity index (χ2n) is 22.3. The highest BCUT2D eigenvalue weighted by atomic mass is 28.3. The van der Waals surface area contributed by atoms with Crippen molar-refractivity contribution in [3.8, 4) is 50.7 Å². The van der Waals surface area contributed by atoms with Crippen LogP contribution in [0.1, 0.15) is 26.3 Å². The van der Waals surface area contributed by atoms with Gasteiger partial charge in [-0.15, -0.1) is 0 Å². The average Bonchev–Trinajstić information content (AvgIpc) is 3.16. The summed E-state index contributed by atoms with van der Waals surface area (Å²) in [5, 5.41) is 7.63. The molecule has 0 fully saturated rings. The van der Waals surface area contributed by atoms with Crippen LogP contribution < -0.4 is 35.3 Å². The molecule has 1 aliphatic rings. The number of para-hydroxylation sites is 2. The number of hydrogen-bond donors (Lipinski definition) is 0. The highest BCUT2D eigenvalue weighted by Crippen LogP contribution is 2.53. The standard InChI is InChI=1S/C76H60N4OSi/c1-76(2,3)56-47-48-77-73(49-56)80-70-46-44-64(82(61-33-16-7-17-34-61,62-35-18-8-19-36-62)63-37-20-9-21-38-63)52-69(70)67-45-43-60(51-72(67)80)81-59-32-22-31-58(50-59)78-53-79(57-29-14-6-15-30-57)75-68(41-24-42-71(75)78)74-65(54-25-10-4-11-26-54)39-23-40-66(74)55-27-12-5-13-28-55/h4-52H,53H2,1-3H3. The van der Waals surface area contributed by atoms with Crippen LogP contribution in [0.25, 0.3) is 61.0 Å². The molecule has 11 aromatic carbocycles. The van der Waals surface area contributed by atoms with E-state index in [9.17, 15) is 0 Å². The summed E-state index contributed by atoms with van der Waals surface area (Å²) >= 11 is 0. The van der Waals surface area contributed by atoms with Crippen LogP contribution in [0.4, 0.5) is 22.7 Å². The molecule has 0 aliphatic carbocycles. The van der Waals surface area contributed by atoms with E-state index in [1.807, 2.05) is 6.20 Å². The van der Waals surface area contributed by atoms with E-state index in [1.165, 1.54) is 65.1 Å². The molecular formula is C76H60N4OSi. The summed E-state index contributed by atoms with van der Waals surface area (Å²) in [5.41, 5.74) is 14.8. The SMILES string of the molecule is CC(C)(C)c1ccnc(-n2c3ccc([Si](c4ccccc4)(c4ccccc4)c4ccccc4)cc3c3ccc(Oc4cccc(N5CN(c6ccccc6)c6c(-c7c(-c8ccccc8)cccc7-c7ccccc7)cccc65)c4)cc32)c1. The lowest BCUT2D eigenvalue weighted by molar-refractivity contribution is 0.483. The van der Waals surface area contributed by atoms with Crippen molar-refractivity contribution in [1.29, 1.82) is 0 Å². The highest BCUT2D eigenvalue weighted by molar-refractivity contribution is 7.20. The van der Waals surface area contributed by atoms with Gasteiger partial charge in [-0.05, 0) is 120 Å². The van der Waals surface area contributed by atoms with Gasteiger partial charge in [0.05, 0.1) is 22.4 Å². The Morgan fingerprint density at radius 2 is 0.939 bits per heavy atom. The maximum atomic E-state index is 7.06. The molecule has 0 N–H and O–H groups in total. The van der Waals surface area contributed by atoms with Crippen molar-refractivity contribution < 1.29 is 4.74 Å². The van der Waals surface area contributed by atoms with Crippen molar-refractivity contribution in [3.63, 3.8) is 0 Å². The Bertz CT molecular complexity index is 4270. The molecule has 82 heavy (non-hydrogen) atoms. The van der Waals surface area contributed by atoms with E-state index >= 15 is 0 Å². The van der Waals surface area contributed by atoms with Gasteiger partial charge in [-0.3, -0.25) is 4.57 Å². The Kier molecular flexibility index (Phi) is 12.8. The number of fused-ring (bicyclic) bond motifs is 4. The van der Waals surface area contributed by atoms with Crippen molar-refractivity contribution in [2.24, 2.45) is 0 Å². The van der Waals surface area contributed by atoms with E-state index in [2.05, 4.69) is 326 Å². The minimum Gasteiger partial charge on any atom is -0.457 e. The van der Waals surface area contributed by atoms with Crippen molar-refractivity contribution in [3.05, 3.63) is 303 Å². The van der Waals surface area contributed by atoms with Gasteiger partial charge in [0.25, 0.3) is 0 Å². The van der Waals surface area contributed by atoms with Gasteiger partial charge in [-0.1, -0.05) is 239 Å². The van der Waals surface area contributed by atoms with Crippen molar-refractivity contribution in [1.82, 2.24) is 9.55 Å². The van der Waals surface area contributed by atoms with Crippen LogP contribution in [0.2, 0.25) is 0 Å². The lowest BCUT2D eigenvalue weighted by Crippen LogP contribution is -2.74. The fourth-order valence-corrected chi connectivity index (χ4v) is 17.4. The topological polar surface area (TPSA) is 33.5 Å². The van der Waals surface area contributed by atoms with Gasteiger partial charge in [-0.25, -0.2) is 4.98 Å². The molecule has 0 saturated carbocycles. The number of ether oxygens (including phenoxy) is 1. The molecule has 0 unspecified atom stereocenters. The van der Waals surface area contributed by atoms with Crippen molar-refractivity contribution in [2.45, 2.75) is 26.2 Å². The zero-order valence-corrected chi connectivity index (χ0v) is 47.2. The number of anilines is 4. The first kappa shape index (κ1) is 50.2. The van der Waals surface area contributed by atoms with E-state index in [1.54, 1.807) is 0 Å². The van der Waals surface area contributed by atoms with Gasteiger partial charge >= 0.3 is 0 Å². The summed E-state index contributed by atoms with van der Waals surface area (Å²) in [6, 6.07) is 106. The molecule has 0 spiro atoms. The Balaban J connectivity index is 0.903.